The van der Waals surface area contributed by atoms with E-state index >= 15 is 0 Å². The van der Waals surface area contributed by atoms with Crippen molar-refractivity contribution in [1.29, 1.82) is 5.26 Å². The molecule has 0 aromatic heterocycles. The van der Waals surface area contributed by atoms with Crippen LogP contribution in [0.1, 0.15) is 45.1 Å². The molecule has 1 heterocycles. The van der Waals surface area contributed by atoms with E-state index < -0.39 is 0 Å². The van der Waals surface area contributed by atoms with Crippen molar-refractivity contribution >= 4 is 11.6 Å². The van der Waals surface area contributed by atoms with E-state index in [1.165, 1.54) is 0 Å². The van der Waals surface area contributed by atoms with Gasteiger partial charge in [-0.05, 0) is 48.2 Å². The number of rotatable bonds is 2. The highest BCUT2D eigenvalue weighted by atomic mass is 16.5. The van der Waals surface area contributed by atoms with Crippen molar-refractivity contribution in [1.82, 2.24) is 5.32 Å². The molecule has 1 atom stereocenters. The summed E-state index contributed by atoms with van der Waals surface area (Å²) in [7, 11) is 0. The minimum absolute atomic E-state index is 0.0380. The van der Waals surface area contributed by atoms with Crippen LogP contribution in [0.4, 0.5) is 5.69 Å². The van der Waals surface area contributed by atoms with Gasteiger partial charge < -0.3 is 15.4 Å². The molecule has 0 spiro atoms. The molecular formula is C20H19N3O2. The lowest BCUT2D eigenvalue weighted by molar-refractivity contribution is 0.0936. The molecule has 2 N–H and O–H groups in total. The summed E-state index contributed by atoms with van der Waals surface area (Å²) in [4.78, 5) is 12.7. The van der Waals surface area contributed by atoms with Crippen molar-refractivity contribution < 1.29 is 9.53 Å². The Morgan fingerprint density at radius 1 is 1.32 bits per heavy atom. The van der Waals surface area contributed by atoms with Crippen LogP contribution in [0.15, 0.2) is 36.4 Å². The SMILES string of the molecule is N#Cc1cccc2c1CC[C@H]2NC(=O)c1ccc2c(c1)COCCN2. The predicted octanol–water partition coefficient (Wildman–Crippen LogP) is 2.92. The van der Waals surface area contributed by atoms with Crippen LogP contribution in [0.5, 0.6) is 0 Å². The van der Waals surface area contributed by atoms with Gasteiger partial charge in [0, 0.05) is 23.4 Å². The molecule has 25 heavy (non-hydrogen) atoms. The lowest BCUT2D eigenvalue weighted by Gasteiger charge is -2.15. The molecule has 0 saturated carbocycles. The molecule has 126 valence electrons. The Kier molecular flexibility index (Phi) is 4.12. The Balaban J connectivity index is 1.55. The van der Waals surface area contributed by atoms with Crippen molar-refractivity contribution in [3.05, 3.63) is 64.2 Å². The van der Waals surface area contributed by atoms with Crippen molar-refractivity contribution in [2.45, 2.75) is 25.5 Å². The third-order valence-corrected chi connectivity index (χ3v) is 4.88. The van der Waals surface area contributed by atoms with E-state index in [-0.39, 0.29) is 11.9 Å². The summed E-state index contributed by atoms with van der Waals surface area (Å²) in [5.41, 5.74) is 5.50. The minimum atomic E-state index is -0.0905. The van der Waals surface area contributed by atoms with Gasteiger partial charge in [0.05, 0.1) is 30.9 Å². The molecule has 2 aliphatic rings. The van der Waals surface area contributed by atoms with Crippen LogP contribution in [0.3, 0.4) is 0 Å². The smallest absolute Gasteiger partial charge is 0.251 e. The molecule has 0 bridgehead atoms. The number of nitrogens with zero attached hydrogens (tertiary/aromatic N) is 1. The fourth-order valence-electron chi connectivity index (χ4n) is 3.62. The topological polar surface area (TPSA) is 74.2 Å². The summed E-state index contributed by atoms with van der Waals surface area (Å²) >= 11 is 0. The number of carbonyl (C=O) groups is 1. The van der Waals surface area contributed by atoms with Crippen LogP contribution >= 0.6 is 0 Å². The van der Waals surface area contributed by atoms with Crippen LogP contribution in [-0.4, -0.2) is 19.1 Å². The third-order valence-electron chi connectivity index (χ3n) is 4.88. The maximum absolute atomic E-state index is 12.7. The number of fused-ring (bicyclic) bond motifs is 2. The highest BCUT2D eigenvalue weighted by Gasteiger charge is 2.26. The average molecular weight is 333 g/mol. The molecule has 1 aliphatic carbocycles. The average Bonchev–Trinajstić information content (AvgIpc) is 2.90. The lowest BCUT2D eigenvalue weighted by Crippen LogP contribution is -2.27. The van der Waals surface area contributed by atoms with E-state index in [4.69, 9.17) is 4.74 Å². The van der Waals surface area contributed by atoms with Gasteiger partial charge >= 0.3 is 0 Å². The highest BCUT2D eigenvalue weighted by molar-refractivity contribution is 5.95. The highest BCUT2D eigenvalue weighted by Crippen LogP contribution is 2.33. The van der Waals surface area contributed by atoms with Gasteiger partial charge in [0.2, 0.25) is 0 Å². The fourth-order valence-corrected chi connectivity index (χ4v) is 3.62. The zero-order valence-electron chi connectivity index (χ0n) is 13.8. The van der Waals surface area contributed by atoms with Crippen molar-refractivity contribution in [3.63, 3.8) is 0 Å². The van der Waals surface area contributed by atoms with E-state index in [9.17, 15) is 10.1 Å². The predicted molar refractivity (Wildman–Crippen MR) is 94.3 cm³/mol. The first-order chi connectivity index (χ1) is 12.3. The zero-order valence-corrected chi connectivity index (χ0v) is 13.8. The number of hydrogen-bond donors (Lipinski definition) is 2. The largest absolute Gasteiger partial charge is 0.382 e. The molecule has 0 saturated heterocycles. The fraction of sp³-hybridized carbons (Fsp3) is 0.300. The molecule has 1 amide bonds. The number of carbonyl (C=O) groups excluding carboxylic acids is 1. The third kappa shape index (κ3) is 2.97. The number of ether oxygens (including phenoxy) is 1. The van der Waals surface area contributed by atoms with Gasteiger partial charge in [0.1, 0.15) is 0 Å². The maximum atomic E-state index is 12.7. The van der Waals surface area contributed by atoms with Crippen LogP contribution in [0.2, 0.25) is 0 Å². The quantitative estimate of drug-likeness (QED) is 0.886. The Morgan fingerprint density at radius 2 is 2.24 bits per heavy atom. The molecule has 1 aliphatic heterocycles. The van der Waals surface area contributed by atoms with E-state index in [2.05, 4.69) is 16.7 Å². The molecule has 0 unspecified atom stereocenters. The van der Waals surface area contributed by atoms with E-state index in [1.54, 1.807) is 0 Å². The van der Waals surface area contributed by atoms with Crippen LogP contribution in [0.25, 0.3) is 0 Å². The van der Waals surface area contributed by atoms with Crippen molar-refractivity contribution in [2.75, 3.05) is 18.5 Å². The Hall–Kier alpha value is -2.84. The Labute approximate surface area is 146 Å². The van der Waals surface area contributed by atoms with Crippen molar-refractivity contribution in [3.8, 4) is 6.07 Å². The molecule has 2 aromatic carbocycles. The van der Waals surface area contributed by atoms with Gasteiger partial charge in [-0.3, -0.25) is 4.79 Å². The first kappa shape index (κ1) is 15.7. The first-order valence-electron chi connectivity index (χ1n) is 8.53. The molecule has 2 aromatic rings. The maximum Gasteiger partial charge on any atom is 0.251 e. The van der Waals surface area contributed by atoms with Gasteiger partial charge in [0.25, 0.3) is 5.91 Å². The molecule has 5 nitrogen and oxygen atoms in total. The molecule has 5 heteroatoms. The normalized spacial score (nSPS) is 18.3. The summed E-state index contributed by atoms with van der Waals surface area (Å²) in [5.74, 6) is -0.0905. The molecular weight excluding hydrogens is 314 g/mol. The summed E-state index contributed by atoms with van der Waals surface area (Å²) in [6.45, 7) is 1.95. The Bertz CT molecular complexity index is 870. The number of amides is 1. The minimum Gasteiger partial charge on any atom is -0.382 e. The van der Waals surface area contributed by atoms with Crippen LogP contribution < -0.4 is 10.6 Å². The standard InChI is InChI=1S/C20H19N3O2/c21-11-14-2-1-3-17-16(14)5-7-19(17)23-20(24)13-4-6-18-15(10-13)12-25-9-8-22-18/h1-4,6,10,19,22H,5,7-9,12H2,(H,23,24)/t19-/m1/s1. The number of nitrogens with one attached hydrogen (secondary N) is 2. The summed E-state index contributed by atoms with van der Waals surface area (Å²) in [6, 6.07) is 13.6. The van der Waals surface area contributed by atoms with Gasteiger partial charge in [-0.25, -0.2) is 0 Å². The summed E-state index contributed by atoms with van der Waals surface area (Å²) in [6.07, 6.45) is 1.65. The van der Waals surface area contributed by atoms with E-state index in [0.29, 0.717) is 24.3 Å². The van der Waals surface area contributed by atoms with Crippen LogP contribution in [-0.2, 0) is 17.8 Å². The Morgan fingerprint density at radius 3 is 3.12 bits per heavy atom. The molecule has 0 radical (unpaired) electrons. The van der Waals surface area contributed by atoms with Gasteiger partial charge in [-0.15, -0.1) is 0 Å². The molecule has 4 rings (SSSR count). The van der Waals surface area contributed by atoms with E-state index in [1.807, 2.05) is 36.4 Å². The van der Waals surface area contributed by atoms with Gasteiger partial charge in [-0.1, -0.05) is 12.1 Å². The zero-order chi connectivity index (χ0) is 17.2. The second kappa shape index (κ2) is 6.58. The first-order valence-corrected chi connectivity index (χ1v) is 8.53. The van der Waals surface area contributed by atoms with E-state index in [0.717, 1.165) is 41.8 Å². The van der Waals surface area contributed by atoms with Crippen molar-refractivity contribution in [2.24, 2.45) is 0 Å². The number of nitriles is 1. The number of anilines is 1. The molecule has 0 fully saturated rings. The number of benzene rings is 2. The van der Waals surface area contributed by atoms with Gasteiger partial charge in [-0.2, -0.15) is 5.26 Å². The monoisotopic (exact) mass is 333 g/mol. The number of hydrogen-bond acceptors (Lipinski definition) is 4. The van der Waals surface area contributed by atoms with Gasteiger partial charge in [0.15, 0.2) is 0 Å². The summed E-state index contributed by atoms with van der Waals surface area (Å²) < 4.78 is 5.54. The lowest BCUT2D eigenvalue weighted by atomic mass is 10.0. The summed E-state index contributed by atoms with van der Waals surface area (Å²) in [5, 5.41) is 15.6. The van der Waals surface area contributed by atoms with Crippen LogP contribution in [0, 0.1) is 11.3 Å². The second-order valence-electron chi connectivity index (χ2n) is 6.40. The second-order valence-corrected chi connectivity index (χ2v) is 6.40.